The molecule has 0 unspecified atom stereocenters. The third-order valence-corrected chi connectivity index (χ3v) is 2.56. The van der Waals surface area contributed by atoms with Crippen LogP contribution in [0.15, 0.2) is 24.3 Å². The van der Waals surface area contributed by atoms with E-state index < -0.39 is 18.0 Å². The molecule has 0 bridgehead atoms. The van der Waals surface area contributed by atoms with Crippen molar-refractivity contribution in [1.29, 1.82) is 0 Å². The first-order valence-corrected chi connectivity index (χ1v) is 4.91. The van der Waals surface area contributed by atoms with E-state index in [1.54, 1.807) is 0 Å². The van der Waals surface area contributed by atoms with Crippen molar-refractivity contribution < 1.29 is 27.8 Å². The van der Waals surface area contributed by atoms with Gasteiger partial charge in [-0.2, -0.15) is 13.2 Å². The van der Waals surface area contributed by atoms with Gasteiger partial charge in [0.15, 0.2) is 11.8 Å². The average Bonchev–Trinajstić information content (AvgIpc) is 2.35. The third kappa shape index (κ3) is 3.44. The minimum absolute atomic E-state index is 0. The van der Waals surface area contributed by atoms with Crippen molar-refractivity contribution in [2.45, 2.75) is 18.0 Å². The van der Waals surface area contributed by atoms with E-state index in [4.69, 9.17) is 5.73 Å². The number of carbonyl (C=O) groups excluding carboxylic acids is 1. The lowest BCUT2D eigenvalue weighted by Crippen LogP contribution is -2.56. The molecule has 2 atom stereocenters. The fourth-order valence-corrected chi connectivity index (χ4v) is 1.57. The molecule has 0 aliphatic heterocycles. The second-order valence-corrected chi connectivity index (χ2v) is 3.65. The number of ether oxygens (including phenoxy) is 1. The van der Waals surface area contributed by atoms with Crippen LogP contribution in [0.5, 0.6) is 0 Å². The topological polar surface area (TPSA) is 72.5 Å². The number of rotatable bonds is 4. The highest BCUT2D eigenvalue weighted by Gasteiger charge is 2.53. The quantitative estimate of drug-likeness (QED) is 0.654. The zero-order valence-corrected chi connectivity index (χ0v) is 10.7. The van der Waals surface area contributed by atoms with Crippen molar-refractivity contribution in [2.24, 2.45) is 5.73 Å². The lowest BCUT2D eigenvalue weighted by molar-refractivity contribution is -0.265. The summed E-state index contributed by atoms with van der Waals surface area (Å²) in [5.74, 6) is 0. The first-order valence-electron chi connectivity index (χ1n) is 4.91. The molecule has 4 nitrogen and oxygen atoms in total. The molecule has 0 saturated carbocycles. The number of alkyl halides is 3. The highest BCUT2D eigenvalue weighted by atomic mass is 35.5. The first kappa shape index (κ1) is 17.8. The molecule has 1 aromatic carbocycles. The standard InChI is InChI=1S/C11H12F3NO3.ClH/c1-18-10(15,9(17)11(12,13)14)8-5-3-2-4-7(8)6-16;/h2-6,9,17H,15H2,1H3;1H/t9-,10+;/m1./s1. The number of methoxy groups -OCH3 is 1. The van der Waals surface area contributed by atoms with Crippen molar-refractivity contribution in [3.8, 4) is 0 Å². The largest absolute Gasteiger partial charge is 0.418 e. The van der Waals surface area contributed by atoms with Gasteiger partial charge in [-0.25, -0.2) is 0 Å². The van der Waals surface area contributed by atoms with Crippen LogP contribution in [0.3, 0.4) is 0 Å². The van der Waals surface area contributed by atoms with Crippen LogP contribution in [0.25, 0.3) is 0 Å². The molecule has 0 spiro atoms. The van der Waals surface area contributed by atoms with Crippen molar-refractivity contribution in [3.05, 3.63) is 35.4 Å². The van der Waals surface area contributed by atoms with Crippen LogP contribution in [0, 0.1) is 0 Å². The van der Waals surface area contributed by atoms with Crippen LogP contribution in [0.1, 0.15) is 15.9 Å². The van der Waals surface area contributed by atoms with Gasteiger partial charge in [0.25, 0.3) is 0 Å². The van der Waals surface area contributed by atoms with Crippen molar-refractivity contribution >= 4 is 18.7 Å². The molecule has 0 saturated heterocycles. The van der Waals surface area contributed by atoms with E-state index >= 15 is 0 Å². The van der Waals surface area contributed by atoms with Gasteiger partial charge in [-0.05, 0) is 0 Å². The summed E-state index contributed by atoms with van der Waals surface area (Å²) in [6.07, 6.45) is -7.57. The minimum atomic E-state index is -4.97. The summed E-state index contributed by atoms with van der Waals surface area (Å²) in [5.41, 5.74) is 2.63. The van der Waals surface area contributed by atoms with Crippen LogP contribution < -0.4 is 5.73 Å². The van der Waals surface area contributed by atoms with Crippen LogP contribution in [0.2, 0.25) is 0 Å². The third-order valence-electron chi connectivity index (χ3n) is 2.56. The van der Waals surface area contributed by atoms with Crippen LogP contribution in [-0.2, 0) is 10.5 Å². The van der Waals surface area contributed by atoms with E-state index in [1.807, 2.05) is 0 Å². The van der Waals surface area contributed by atoms with E-state index in [0.29, 0.717) is 6.29 Å². The molecule has 0 aliphatic rings. The van der Waals surface area contributed by atoms with Gasteiger partial charge in [0, 0.05) is 18.2 Å². The molecule has 19 heavy (non-hydrogen) atoms. The number of carbonyl (C=O) groups is 1. The Morgan fingerprint density at radius 3 is 2.32 bits per heavy atom. The predicted molar refractivity (Wildman–Crippen MR) is 64.0 cm³/mol. The summed E-state index contributed by atoms with van der Waals surface area (Å²) in [5, 5.41) is 9.29. The van der Waals surface area contributed by atoms with Crippen molar-refractivity contribution in [3.63, 3.8) is 0 Å². The lowest BCUT2D eigenvalue weighted by Gasteiger charge is -2.34. The maximum atomic E-state index is 12.6. The van der Waals surface area contributed by atoms with Gasteiger partial charge in [0.2, 0.25) is 0 Å². The molecule has 1 rings (SSSR count). The van der Waals surface area contributed by atoms with Gasteiger partial charge >= 0.3 is 6.18 Å². The van der Waals surface area contributed by atoms with Gasteiger partial charge in [-0.3, -0.25) is 10.5 Å². The number of aliphatic hydroxyl groups is 1. The Balaban J connectivity index is 0.00000324. The number of benzene rings is 1. The van der Waals surface area contributed by atoms with Gasteiger partial charge in [-0.1, -0.05) is 24.3 Å². The van der Waals surface area contributed by atoms with E-state index in [1.165, 1.54) is 24.3 Å². The molecule has 0 amide bonds. The number of halogens is 4. The zero-order valence-electron chi connectivity index (χ0n) is 9.85. The Morgan fingerprint density at radius 2 is 1.89 bits per heavy atom. The number of hydrogen-bond acceptors (Lipinski definition) is 4. The molecule has 0 aliphatic carbocycles. The summed E-state index contributed by atoms with van der Waals surface area (Å²) < 4.78 is 42.3. The SMILES string of the molecule is CO[C@@](N)(c1ccccc1C=O)[C@@H](O)C(F)(F)F.Cl. The van der Waals surface area contributed by atoms with Crippen LogP contribution >= 0.6 is 12.4 Å². The van der Waals surface area contributed by atoms with Gasteiger partial charge in [-0.15, -0.1) is 12.4 Å². The number of hydrogen-bond donors (Lipinski definition) is 2. The summed E-state index contributed by atoms with van der Waals surface area (Å²) in [6, 6.07) is 5.34. The highest BCUT2D eigenvalue weighted by Crippen LogP contribution is 2.34. The minimum Gasteiger partial charge on any atom is -0.380 e. The molecule has 0 heterocycles. The van der Waals surface area contributed by atoms with E-state index in [9.17, 15) is 23.1 Å². The van der Waals surface area contributed by atoms with E-state index in [2.05, 4.69) is 4.74 Å². The van der Waals surface area contributed by atoms with Crippen molar-refractivity contribution in [2.75, 3.05) is 7.11 Å². The maximum Gasteiger partial charge on any atom is 0.418 e. The molecular weight excluding hydrogens is 287 g/mol. The van der Waals surface area contributed by atoms with Gasteiger partial charge in [0.1, 0.15) is 6.29 Å². The molecule has 0 aromatic heterocycles. The summed E-state index contributed by atoms with van der Waals surface area (Å²) in [4.78, 5) is 10.8. The summed E-state index contributed by atoms with van der Waals surface area (Å²) in [6.45, 7) is 0. The van der Waals surface area contributed by atoms with Gasteiger partial charge in [0.05, 0.1) is 0 Å². The maximum absolute atomic E-state index is 12.6. The van der Waals surface area contributed by atoms with Gasteiger partial charge < -0.3 is 9.84 Å². The Kier molecular flexibility index (Phi) is 5.95. The molecular formula is C11H13ClF3NO3. The molecule has 108 valence electrons. The van der Waals surface area contributed by atoms with Crippen LogP contribution in [0.4, 0.5) is 13.2 Å². The number of aldehydes is 1. The molecule has 3 N–H and O–H groups in total. The fraction of sp³-hybridized carbons (Fsp3) is 0.364. The van der Waals surface area contributed by atoms with Crippen molar-refractivity contribution in [1.82, 2.24) is 0 Å². The Labute approximate surface area is 113 Å². The first-order chi connectivity index (χ1) is 8.27. The Morgan fingerprint density at radius 1 is 1.37 bits per heavy atom. The number of aliphatic hydroxyl groups excluding tert-OH is 1. The zero-order chi connectivity index (χ0) is 14.0. The van der Waals surface area contributed by atoms with E-state index in [0.717, 1.165) is 7.11 Å². The normalized spacial score (nSPS) is 16.1. The lowest BCUT2D eigenvalue weighted by atomic mass is 9.93. The second kappa shape index (κ2) is 6.33. The average molecular weight is 300 g/mol. The predicted octanol–water partition coefficient (Wildman–Crippen LogP) is 1.60. The molecule has 8 heteroatoms. The highest BCUT2D eigenvalue weighted by molar-refractivity contribution is 5.85. The monoisotopic (exact) mass is 299 g/mol. The smallest absolute Gasteiger partial charge is 0.380 e. The molecule has 0 radical (unpaired) electrons. The number of nitrogens with two attached hydrogens (primary N) is 1. The Hall–Kier alpha value is -1.15. The summed E-state index contributed by atoms with van der Waals surface area (Å²) >= 11 is 0. The Bertz CT molecular complexity index is 441. The molecule has 0 fully saturated rings. The van der Waals surface area contributed by atoms with E-state index in [-0.39, 0.29) is 23.5 Å². The second-order valence-electron chi connectivity index (χ2n) is 3.65. The fourth-order valence-electron chi connectivity index (χ4n) is 1.57. The molecule has 1 aromatic rings. The van der Waals surface area contributed by atoms with Crippen LogP contribution in [-0.4, -0.2) is 30.8 Å². The summed E-state index contributed by atoms with van der Waals surface area (Å²) in [7, 11) is 0.927.